The smallest absolute Gasteiger partial charge is 0.416 e. The van der Waals surface area contributed by atoms with Gasteiger partial charge < -0.3 is 20.4 Å². The second-order valence-corrected chi connectivity index (χ2v) is 11.6. The van der Waals surface area contributed by atoms with Crippen molar-refractivity contribution >= 4 is 45.0 Å². The Kier molecular flexibility index (Phi) is 8.31. The van der Waals surface area contributed by atoms with Crippen molar-refractivity contribution in [1.82, 2.24) is 29.4 Å². The summed E-state index contributed by atoms with van der Waals surface area (Å²) in [5.41, 5.74) is -1.43. The number of carbonyl (C=O) groups excluding carboxylic acids is 2. The lowest BCUT2D eigenvalue weighted by Gasteiger charge is -2.40. The molecule has 3 aromatic rings. The predicted molar refractivity (Wildman–Crippen MR) is 153 cm³/mol. The number of carbonyl (C=O) groups is 2. The fourth-order valence-electron chi connectivity index (χ4n) is 5.64. The standard InChI is InChI=1S/C27H26BrClF3N7O4/c1-37-25(28)36-39(13-20(41)34-17-6-5-15(12-16(17)29)27(30,31)32)23(42)21-18(35-37)7-9-26(21)8-3-11-38(14-26)24(43)22-19(40)4-2-10-33-22/h2,4-6,10,12,35,40H,3,7-9,11,13-14H2,1H3,(H,34,41). The summed E-state index contributed by atoms with van der Waals surface area (Å²) in [6.45, 7) is 0.0186. The maximum Gasteiger partial charge on any atom is 0.416 e. The second-order valence-electron chi connectivity index (χ2n) is 10.5. The molecule has 3 heterocycles. The van der Waals surface area contributed by atoms with Crippen LogP contribution < -0.4 is 10.9 Å². The van der Waals surface area contributed by atoms with Gasteiger partial charge in [0.1, 0.15) is 12.3 Å². The van der Waals surface area contributed by atoms with Crippen LogP contribution >= 0.6 is 27.5 Å². The Bertz CT molecular complexity index is 1720. The van der Waals surface area contributed by atoms with Gasteiger partial charge >= 0.3 is 6.18 Å². The molecule has 43 heavy (non-hydrogen) atoms. The summed E-state index contributed by atoms with van der Waals surface area (Å²) in [7, 11) is 1.67. The van der Waals surface area contributed by atoms with E-state index in [9.17, 15) is 32.7 Å². The average molecular weight is 685 g/mol. The molecule has 2 aliphatic rings. The van der Waals surface area contributed by atoms with E-state index in [1.807, 2.05) is 0 Å². The summed E-state index contributed by atoms with van der Waals surface area (Å²) in [6.07, 6.45) is -0.987. The average Bonchev–Trinajstić information content (AvgIpc) is 3.28. The van der Waals surface area contributed by atoms with Gasteiger partial charge in [-0.15, -0.1) is 5.10 Å². The van der Waals surface area contributed by atoms with Gasteiger partial charge in [-0.3, -0.25) is 19.1 Å². The van der Waals surface area contributed by atoms with E-state index < -0.39 is 41.1 Å². The number of hydrogen-bond acceptors (Lipinski definition) is 6. The van der Waals surface area contributed by atoms with Crippen molar-refractivity contribution in [2.45, 2.75) is 43.8 Å². The number of aromatic nitrogens is 5. The number of aryl methyl sites for hydroxylation is 2. The lowest BCUT2D eigenvalue weighted by Crippen LogP contribution is -2.50. The molecule has 1 spiro atoms. The molecule has 228 valence electrons. The summed E-state index contributed by atoms with van der Waals surface area (Å²) < 4.78 is 41.8. The summed E-state index contributed by atoms with van der Waals surface area (Å²) in [5.74, 6) is -1.44. The number of fused-ring (bicyclic) bond motifs is 2. The number of H-pyrrole nitrogens is 1. The highest BCUT2D eigenvalue weighted by atomic mass is 79.9. The molecule has 1 fully saturated rings. The number of anilines is 1. The quantitative estimate of drug-likeness (QED) is 0.374. The van der Waals surface area contributed by atoms with E-state index in [1.165, 1.54) is 23.0 Å². The van der Waals surface area contributed by atoms with E-state index in [-0.39, 0.29) is 33.4 Å². The van der Waals surface area contributed by atoms with Crippen molar-refractivity contribution in [1.29, 1.82) is 0 Å². The number of nitrogens with zero attached hydrogens (tertiary/aromatic N) is 5. The number of nitrogens with one attached hydrogen (secondary N) is 2. The molecular formula is C27H26BrClF3N7O4. The van der Waals surface area contributed by atoms with Gasteiger partial charge in [-0.05, 0) is 71.9 Å². The lowest BCUT2D eigenvalue weighted by atomic mass is 9.75. The van der Waals surface area contributed by atoms with Crippen LogP contribution in [-0.4, -0.2) is 59.5 Å². The van der Waals surface area contributed by atoms with Crippen LogP contribution in [0.25, 0.3) is 0 Å². The minimum Gasteiger partial charge on any atom is -0.505 e. The molecule has 1 aliphatic carbocycles. The Labute approximate surface area is 256 Å². The Balaban J connectivity index is 1.49. The van der Waals surface area contributed by atoms with Crippen LogP contribution in [0, 0.1) is 0 Å². The molecule has 1 unspecified atom stereocenters. The first-order valence-electron chi connectivity index (χ1n) is 13.2. The molecule has 1 aromatic carbocycles. The van der Waals surface area contributed by atoms with Gasteiger partial charge in [0, 0.05) is 43.0 Å². The second kappa shape index (κ2) is 11.7. The highest BCUT2D eigenvalue weighted by Gasteiger charge is 2.46. The van der Waals surface area contributed by atoms with Crippen molar-refractivity contribution in [3.8, 4) is 5.75 Å². The number of halogens is 5. The SMILES string of the molecule is Cn1[nH]c2c(c(=O)n(CC(=O)Nc3ccc(C(F)(F)F)cc3Cl)nc1Br)C1(CCCN(C(=O)c3ncccc3O)C1)CC2. The number of aromatic hydroxyl groups is 1. The number of likely N-dealkylation sites (tertiary alicyclic amines) is 1. The van der Waals surface area contributed by atoms with Crippen LogP contribution in [0.4, 0.5) is 18.9 Å². The van der Waals surface area contributed by atoms with Crippen molar-refractivity contribution in [2.24, 2.45) is 7.05 Å². The molecule has 5 rings (SSSR count). The zero-order valence-electron chi connectivity index (χ0n) is 22.7. The van der Waals surface area contributed by atoms with Crippen molar-refractivity contribution in [3.63, 3.8) is 0 Å². The first kappa shape index (κ1) is 30.6. The van der Waals surface area contributed by atoms with Crippen LogP contribution in [0.3, 0.4) is 0 Å². The number of pyridine rings is 1. The number of hydrogen-bond donors (Lipinski definition) is 3. The molecule has 2 amide bonds. The maximum atomic E-state index is 14.1. The largest absolute Gasteiger partial charge is 0.505 e. The first-order valence-corrected chi connectivity index (χ1v) is 14.4. The first-order chi connectivity index (χ1) is 20.3. The number of amides is 2. The van der Waals surface area contributed by atoms with Gasteiger partial charge in [-0.25, -0.2) is 9.67 Å². The zero-order valence-corrected chi connectivity index (χ0v) is 25.1. The fourth-order valence-corrected chi connectivity index (χ4v) is 6.15. The Hall–Kier alpha value is -3.85. The van der Waals surface area contributed by atoms with Crippen LogP contribution in [0.15, 0.2) is 46.1 Å². The molecule has 0 radical (unpaired) electrons. The summed E-state index contributed by atoms with van der Waals surface area (Å²) >= 11 is 9.30. The van der Waals surface area contributed by atoms with E-state index in [0.717, 1.165) is 16.8 Å². The third-order valence-corrected chi connectivity index (χ3v) is 8.64. The fraction of sp³-hybridized carbons (Fsp3) is 0.370. The number of piperidine rings is 1. The Morgan fingerprint density at radius 3 is 2.72 bits per heavy atom. The molecule has 0 saturated carbocycles. The van der Waals surface area contributed by atoms with Gasteiger partial charge in [-0.1, -0.05) is 11.6 Å². The molecular weight excluding hydrogens is 659 g/mol. The number of rotatable bonds is 4. The molecule has 1 atom stereocenters. The van der Waals surface area contributed by atoms with Crippen molar-refractivity contribution < 1.29 is 27.9 Å². The van der Waals surface area contributed by atoms with Crippen LogP contribution in [-0.2, 0) is 36.4 Å². The molecule has 3 N–H and O–H groups in total. The molecule has 16 heteroatoms. The van der Waals surface area contributed by atoms with E-state index in [4.69, 9.17) is 11.6 Å². The van der Waals surface area contributed by atoms with Crippen LogP contribution in [0.2, 0.25) is 5.02 Å². The van der Waals surface area contributed by atoms with Gasteiger partial charge in [0.25, 0.3) is 11.5 Å². The van der Waals surface area contributed by atoms with Crippen LogP contribution in [0.5, 0.6) is 5.75 Å². The number of aromatic amines is 1. The van der Waals surface area contributed by atoms with Gasteiger partial charge in [0.05, 0.1) is 16.3 Å². The molecule has 1 aliphatic heterocycles. The molecule has 2 aromatic heterocycles. The monoisotopic (exact) mass is 683 g/mol. The van der Waals surface area contributed by atoms with Crippen molar-refractivity contribution in [3.05, 3.63) is 79.2 Å². The van der Waals surface area contributed by atoms with Crippen LogP contribution in [0.1, 0.15) is 46.6 Å². The summed E-state index contributed by atoms with van der Waals surface area (Å²) in [4.78, 5) is 46.1. The van der Waals surface area contributed by atoms with E-state index >= 15 is 0 Å². The number of alkyl halides is 3. The minimum absolute atomic E-state index is 0.0579. The van der Waals surface area contributed by atoms with E-state index in [2.05, 4.69) is 36.4 Å². The summed E-state index contributed by atoms with van der Waals surface area (Å²) in [5, 5.41) is 19.8. The predicted octanol–water partition coefficient (Wildman–Crippen LogP) is 4.33. The van der Waals surface area contributed by atoms with E-state index in [1.54, 1.807) is 11.9 Å². The zero-order chi connectivity index (χ0) is 31.1. The van der Waals surface area contributed by atoms with E-state index in [0.29, 0.717) is 49.6 Å². The molecule has 11 nitrogen and oxygen atoms in total. The van der Waals surface area contributed by atoms with Crippen molar-refractivity contribution in [2.75, 3.05) is 18.4 Å². The lowest BCUT2D eigenvalue weighted by molar-refractivity contribution is -0.137. The summed E-state index contributed by atoms with van der Waals surface area (Å²) in [6, 6.07) is 5.42. The third kappa shape index (κ3) is 6.13. The third-order valence-electron chi connectivity index (χ3n) is 7.63. The highest BCUT2D eigenvalue weighted by molar-refractivity contribution is 9.10. The van der Waals surface area contributed by atoms with Gasteiger partial charge in [0.15, 0.2) is 5.69 Å². The van der Waals surface area contributed by atoms with Gasteiger partial charge in [-0.2, -0.15) is 13.2 Å². The molecule has 0 bridgehead atoms. The minimum atomic E-state index is -4.61. The van der Waals surface area contributed by atoms with Gasteiger partial charge in [0.2, 0.25) is 10.6 Å². The highest BCUT2D eigenvalue weighted by Crippen LogP contribution is 2.43. The Morgan fingerprint density at radius 2 is 2.02 bits per heavy atom. The Morgan fingerprint density at radius 1 is 1.26 bits per heavy atom. The molecule has 1 saturated heterocycles. The topological polar surface area (TPSA) is 138 Å². The number of benzene rings is 1. The normalized spacial score (nSPS) is 18.0. The maximum absolute atomic E-state index is 14.1.